The van der Waals surface area contributed by atoms with Gasteiger partial charge < -0.3 is 10.1 Å². The minimum atomic E-state index is 0.364. The van der Waals surface area contributed by atoms with E-state index in [1.165, 1.54) is 49.0 Å². The lowest BCUT2D eigenvalue weighted by atomic mass is 9.68. The van der Waals surface area contributed by atoms with Crippen LogP contribution in [0.1, 0.15) is 62.6 Å². The van der Waals surface area contributed by atoms with Crippen LogP contribution in [0.4, 0.5) is 0 Å². The van der Waals surface area contributed by atoms with Crippen molar-refractivity contribution in [3.8, 4) is 5.75 Å². The third kappa shape index (κ3) is 2.46. The monoisotopic (exact) mass is 273 g/mol. The van der Waals surface area contributed by atoms with Gasteiger partial charge in [0.2, 0.25) is 0 Å². The number of hydrogen-bond acceptors (Lipinski definition) is 2. The van der Waals surface area contributed by atoms with Gasteiger partial charge in [-0.1, -0.05) is 44.4 Å². The Labute approximate surface area is 122 Å². The Morgan fingerprint density at radius 3 is 2.70 bits per heavy atom. The number of hydrogen-bond donors (Lipinski definition) is 1. The molecule has 1 N–H and O–H groups in total. The van der Waals surface area contributed by atoms with Gasteiger partial charge in [0.1, 0.15) is 5.75 Å². The quantitative estimate of drug-likeness (QED) is 0.889. The lowest BCUT2D eigenvalue weighted by Gasteiger charge is -2.42. The Balaban J connectivity index is 1.97. The molecule has 1 aliphatic heterocycles. The van der Waals surface area contributed by atoms with Gasteiger partial charge in [0.05, 0.1) is 6.61 Å². The van der Waals surface area contributed by atoms with Crippen molar-refractivity contribution in [2.75, 3.05) is 13.7 Å². The minimum Gasteiger partial charge on any atom is -0.493 e. The third-order valence-electron chi connectivity index (χ3n) is 5.26. The van der Waals surface area contributed by atoms with E-state index in [1.54, 1.807) is 0 Å². The van der Waals surface area contributed by atoms with Gasteiger partial charge in [-0.2, -0.15) is 0 Å². The molecular formula is C18H27NO. The molecule has 1 aliphatic carbocycles. The van der Waals surface area contributed by atoms with Crippen molar-refractivity contribution in [3.63, 3.8) is 0 Å². The lowest BCUT2D eigenvalue weighted by molar-refractivity contribution is 0.146. The van der Waals surface area contributed by atoms with Crippen LogP contribution in [0.15, 0.2) is 18.2 Å². The molecule has 20 heavy (non-hydrogen) atoms. The highest BCUT2D eigenvalue weighted by Gasteiger charge is 2.37. The molecule has 2 nitrogen and oxygen atoms in total. The lowest BCUT2D eigenvalue weighted by Crippen LogP contribution is -2.36. The largest absolute Gasteiger partial charge is 0.493 e. The van der Waals surface area contributed by atoms with Crippen LogP contribution in [-0.2, 0) is 6.42 Å². The second kappa shape index (κ2) is 5.77. The first-order chi connectivity index (χ1) is 9.74. The van der Waals surface area contributed by atoms with E-state index < -0.39 is 0 Å². The van der Waals surface area contributed by atoms with Crippen LogP contribution in [0.3, 0.4) is 0 Å². The smallest absolute Gasteiger partial charge is 0.127 e. The highest BCUT2D eigenvalue weighted by molar-refractivity contribution is 5.45. The summed E-state index contributed by atoms with van der Waals surface area (Å²) < 4.78 is 6.03. The average molecular weight is 273 g/mol. The maximum Gasteiger partial charge on any atom is 0.127 e. The number of nitrogens with one attached hydrogen (secondary N) is 1. The third-order valence-corrected chi connectivity index (χ3v) is 5.26. The second-order valence-corrected chi connectivity index (χ2v) is 6.72. The molecule has 0 spiro atoms. The zero-order valence-electron chi connectivity index (χ0n) is 12.9. The molecule has 1 heterocycles. The van der Waals surface area contributed by atoms with Gasteiger partial charge >= 0.3 is 0 Å². The number of rotatable bonds is 3. The number of para-hydroxylation sites is 1. The fourth-order valence-electron chi connectivity index (χ4n) is 4.17. The van der Waals surface area contributed by atoms with E-state index in [-0.39, 0.29) is 0 Å². The zero-order valence-corrected chi connectivity index (χ0v) is 12.9. The fraction of sp³-hybridized carbons (Fsp3) is 0.667. The number of benzene rings is 1. The molecule has 1 atom stereocenters. The van der Waals surface area contributed by atoms with Crippen molar-refractivity contribution in [3.05, 3.63) is 29.3 Å². The summed E-state index contributed by atoms with van der Waals surface area (Å²) in [7, 11) is 2.10. The molecule has 0 amide bonds. The highest BCUT2D eigenvalue weighted by Crippen LogP contribution is 2.48. The van der Waals surface area contributed by atoms with Gasteiger partial charge in [0.25, 0.3) is 0 Å². The van der Waals surface area contributed by atoms with Gasteiger partial charge in [-0.15, -0.1) is 0 Å². The van der Waals surface area contributed by atoms with Crippen molar-refractivity contribution in [1.82, 2.24) is 5.32 Å². The Morgan fingerprint density at radius 1 is 1.15 bits per heavy atom. The van der Waals surface area contributed by atoms with Crippen molar-refractivity contribution >= 4 is 0 Å². The molecule has 0 aromatic heterocycles. The van der Waals surface area contributed by atoms with Gasteiger partial charge in [0.15, 0.2) is 0 Å². The summed E-state index contributed by atoms with van der Waals surface area (Å²) in [5.74, 6) is 1.17. The van der Waals surface area contributed by atoms with E-state index in [4.69, 9.17) is 4.74 Å². The summed E-state index contributed by atoms with van der Waals surface area (Å²) in [4.78, 5) is 0. The van der Waals surface area contributed by atoms with E-state index in [0.717, 1.165) is 19.4 Å². The van der Waals surface area contributed by atoms with Crippen LogP contribution < -0.4 is 10.1 Å². The van der Waals surface area contributed by atoms with Crippen molar-refractivity contribution in [2.24, 2.45) is 5.41 Å². The molecule has 3 rings (SSSR count). The summed E-state index contributed by atoms with van der Waals surface area (Å²) in [6, 6.07) is 7.12. The Morgan fingerprint density at radius 2 is 1.95 bits per heavy atom. The number of fused-ring (bicyclic) bond motifs is 1. The summed E-state index contributed by atoms with van der Waals surface area (Å²) in [6.45, 7) is 3.33. The van der Waals surface area contributed by atoms with Crippen LogP contribution in [0.5, 0.6) is 5.75 Å². The predicted molar refractivity (Wildman–Crippen MR) is 83.3 cm³/mol. The molecule has 2 aliphatic rings. The van der Waals surface area contributed by atoms with E-state index in [1.807, 2.05) is 0 Å². The molecule has 2 heteroatoms. The molecule has 0 radical (unpaired) electrons. The fourth-order valence-corrected chi connectivity index (χ4v) is 4.17. The molecule has 1 saturated carbocycles. The van der Waals surface area contributed by atoms with E-state index in [2.05, 4.69) is 37.5 Å². The van der Waals surface area contributed by atoms with E-state index in [9.17, 15) is 0 Å². The first kappa shape index (κ1) is 13.9. The minimum absolute atomic E-state index is 0.364. The van der Waals surface area contributed by atoms with Crippen LogP contribution >= 0.6 is 0 Å². The van der Waals surface area contributed by atoms with Gasteiger partial charge in [-0.25, -0.2) is 0 Å². The number of aryl methyl sites for hydroxylation is 1. The molecule has 1 unspecified atom stereocenters. The molecule has 0 bridgehead atoms. The first-order valence-corrected chi connectivity index (χ1v) is 8.16. The average Bonchev–Trinajstić information content (AvgIpc) is 2.49. The zero-order chi connectivity index (χ0) is 14.0. The standard InChI is InChI=1S/C18H27NO/c1-18(11-4-3-5-12-18)17(19-2)15-10-6-8-14-9-7-13-20-16(14)15/h6,8,10,17,19H,3-5,7,9,11-13H2,1-2H3. The van der Waals surface area contributed by atoms with Gasteiger partial charge in [-0.3, -0.25) is 0 Å². The maximum absolute atomic E-state index is 6.03. The predicted octanol–water partition coefficient (Wildman–Crippen LogP) is 4.24. The molecule has 1 aromatic carbocycles. The first-order valence-electron chi connectivity index (χ1n) is 8.16. The van der Waals surface area contributed by atoms with Crippen LogP contribution in [0, 0.1) is 5.41 Å². The normalized spacial score (nSPS) is 22.7. The van der Waals surface area contributed by atoms with E-state index >= 15 is 0 Å². The highest BCUT2D eigenvalue weighted by atomic mass is 16.5. The molecule has 0 saturated heterocycles. The Bertz CT molecular complexity index is 462. The van der Waals surface area contributed by atoms with Gasteiger partial charge in [0, 0.05) is 11.6 Å². The van der Waals surface area contributed by atoms with E-state index in [0.29, 0.717) is 11.5 Å². The van der Waals surface area contributed by atoms with Crippen LogP contribution in [0.2, 0.25) is 0 Å². The molecule has 1 fully saturated rings. The Kier molecular flexibility index (Phi) is 4.02. The SMILES string of the molecule is CNC(c1cccc2c1OCCC2)C1(C)CCCCC1. The summed E-state index contributed by atoms with van der Waals surface area (Å²) >= 11 is 0. The van der Waals surface area contributed by atoms with Gasteiger partial charge in [-0.05, 0) is 43.7 Å². The summed E-state index contributed by atoms with van der Waals surface area (Å²) in [6.07, 6.45) is 9.09. The summed E-state index contributed by atoms with van der Waals surface area (Å²) in [5, 5.41) is 3.60. The van der Waals surface area contributed by atoms with Crippen molar-refractivity contribution in [2.45, 2.75) is 57.9 Å². The second-order valence-electron chi connectivity index (χ2n) is 6.72. The van der Waals surface area contributed by atoms with Crippen molar-refractivity contribution in [1.29, 1.82) is 0 Å². The Hall–Kier alpha value is -1.02. The molecule has 110 valence electrons. The van der Waals surface area contributed by atoms with Crippen molar-refractivity contribution < 1.29 is 4.74 Å². The maximum atomic E-state index is 6.03. The van der Waals surface area contributed by atoms with Crippen LogP contribution in [-0.4, -0.2) is 13.7 Å². The van der Waals surface area contributed by atoms with Crippen LogP contribution in [0.25, 0.3) is 0 Å². The molecular weight excluding hydrogens is 246 g/mol. The number of ether oxygens (including phenoxy) is 1. The topological polar surface area (TPSA) is 21.3 Å². The summed E-state index contributed by atoms with van der Waals surface area (Å²) in [5.41, 5.74) is 3.14. The molecule has 1 aromatic rings.